The summed E-state index contributed by atoms with van der Waals surface area (Å²) < 4.78 is 0. The Labute approximate surface area is 153 Å². The van der Waals surface area contributed by atoms with Crippen LogP contribution in [0.4, 0.5) is 0 Å². The van der Waals surface area contributed by atoms with Gasteiger partial charge in [0.05, 0.1) is 5.39 Å². The monoisotopic (exact) mass is 368 g/mol. The summed E-state index contributed by atoms with van der Waals surface area (Å²) in [5, 5.41) is 6.94. The van der Waals surface area contributed by atoms with Gasteiger partial charge >= 0.3 is 0 Å². The Morgan fingerprint density at radius 3 is 2.76 bits per heavy atom. The summed E-state index contributed by atoms with van der Waals surface area (Å²) in [6.45, 7) is 2.93. The Morgan fingerprint density at radius 2 is 2.00 bits per heavy atom. The van der Waals surface area contributed by atoms with Gasteiger partial charge in [0.15, 0.2) is 5.82 Å². The molecular formula is C19H18N3OS2+. The minimum absolute atomic E-state index is 0.0513. The lowest BCUT2D eigenvalue weighted by molar-refractivity contribution is -0.709. The third-order valence-corrected chi connectivity index (χ3v) is 6.01. The van der Waals surface area contributed by atoms with Crippen LogP contribution in [0, 0.1) is 0 Å². The molecule has 4 rings (SSSR count). The summed E-state index contributed by atoms with van der Waals surface area (Å²) in [6.07, 6.45) is 0. The minimum Gasteiger partial charge on any atom is -0.334 e. The van der Waals surface area contributed by atoms with Crippen molar-refractivity contribution in [3.05, 3.63) is 75.0 Å². The molecule has 4 aromatic rings. The van der Waals surface area contributed by atoms with E-state index in [2.05, 4.69) is 29.4 Å². The van der Waals surface area contributed by atoms with Gasteiger partial charge in [-0.2, -0.15) is 0 Å². The standard InChI is InChI=1S/C19H17N3OS2/c1-12(20-10-13-6-3-2-4-7-13)17-21-18(23)16-14(11-25-19(16)22-17)15-8-5-9-24-15/h2-9,11-12,20H,10H2,1H3,(H,21,22,23)/p+1/t12-/m0/s1. The predicted molar refractivity (Wildman–Crippen MR) is 104 cm³/mol. The highest BCUT2D eigenvalue weighted by Gasteiger charge is 2.17. The molecule has 25 heavy (non-hydrogen) atoms. The first kappa shape index (κ1) is 16.2. The van der Waals surface area contributed by atoms with Crippen molar-refractivity contribution in [3.63, 3.8) is 0 Å². The molecule has 0 unspecified atom stereocenters. The number of aromatic amines is 1. The van der Waals surface area contributed by atoms with E-state index in [1.807, 2.05) is 41.1 Å². The number of H-pyrrole nitrogens is 1. The van der Waals surface area contributed by atoms with Crippen LogP contribution in [0.2, 0.25) is 0 Å². The number of benzene rings is 1. The van der Waals surface area contributed by atoms with Crippen LogP contribution >= 0.6 is 22.7 Å². The first-order chi connectivity index (χ1) is 12.2. The van der Waals surface area contributed by atoms with E-state index < -0.39 is 0 Å². The van der Waals surface area contributed by atoms with Crippen molar-refractivity contribution in [2.24, 2.45) is 0 Å². The van der Waals surface area contributed by atoms with Crippen molar-refractivity contribution < 1.29 is 5.32 Å². The molecular weight excluding hydrogens is 350 g/mol. The predicted octanol–water partition coefficient (Wildman–Crippen LogP) is 3.54. The van der Waals surface area contributed by atoms with Gasteiger partial charge in [-0.25, -0.2) is 4.98 Å². The third-order valence-electron chi connectivity index (χ3n) is 4.23. The number of nitrogens with zero attached hydrogens (tertiary/aromatic N) is 1. The van der Waals surface area contributed by atoms with E-state index in [1.165, 1.54) is 16.9 Å². The molecule has 0 amide bonds. The lowest BCUT2D eigenvalue weighted by Gasteiger charge is -2.10. The Kier molecular flexibility index (Phi) is 4.48. The maximum atomic E-state index is 12.7. The maximum absolute atomic E-state index is 12.7. The number of quaternary nitrogens is 1. The van der Waals surface area contributed by atoms with Crippen LogP contribution in [0.5, 0.6) is 0 Å². The Morgan fingerprint density at radius 1 is 1.16 bits per heavy atom. The molecule has 0 aliphatic rings. The maximum Gasteiger partial charge on any atom is 0.260 e. The van der Waals surface area contributed by atoms with E-state index in [0.717, 1.165) is 27.6 Å². The van der Waals surface area contributed by atoms with Crippen LogP contribution in [0.3, 0.4) is 0 Å². The second-order valence-electron chi connectivity index (χ2n) is 5.97. The van der Waals surface area contributed by atoms with Crippen molar-refractivity contribution >= 4 is 32.9 Å². The summed E-state index contributed by atoms with van der Waals surface area (Å²) in [7, 11) is 0. The fraction of sp³-hybridized carbons (Fsp3) is 0.158. The van der Waals surface area contributed by atoms with Crippen molar-refractivity contribution in [1.82, 2.24) is 9.97 Å². The molecule has 0 aliphatic carbocycles. The number of thiophene rings is 2. The molecule has 6 heteroatoms. The van der Waals surface area contributed by atoms with Gasteiger partial charge in [0, 0.05) is 21.4 Å². The van der Waals surface area contributed by atoms with Gasteiger partial charge in [0.25, 0.3) is 5.56 Å². The molecule has 126 valence electrons. The molecule has 0 radical (unpaired) electrons. The summed E-state index contributed by atoms with van der Waals surface area (Å²) in [6, 6.07) is 14.4. The van der Waals surface area contributed by atoms with Crippen molar-refractivity contribution in [1.29, 1.82) is 0 Å². The van der Waals surface area contributed by atoms with Crippen LogP contribution in [-0.2, 0) is 6.54 Å². The zero-order valence-corrected chi connectivity index (χ0v) is 15.4. The van der Waals surface area contributed by atoms with Crippen LogP contribution in [0.1, 0.15) is 24.4 Å². The number of aromatic nitrogens is 2. The van der Waals surface area contributed by atoms with Crippen LogP contribution in [0.25, 0.3) is 20.7 Å². The summed E-state index contributed by atoms with van der Waals surface area (Å²) in [4.78, 5) is 22.3. The van der Waals surface area contributed by atoms with Crippen molar-refractivity contribution in [3.8, 4) is 10.4 Å². The largest absolute Gasteiger partial charge is 0.334 e. The summed E-state index contributed by atoms with van der Waals surface area (Å²) >= 11 is 3.17. The molecule has 0 fully saturated rings. The minimum atomic E-state index is -0.0513. The first-order valence-corrected chi connectivity index (χ1v) is 9.91. The van der Waals surface area contributed by atoms with E-state index in [0.29, 0.717) is 5.39 Å². The SMILES string of the molecule is C[C@H]([NH2+]Cc1ccccc1)c1nc2scc(-c3cccs3)c2c(=O)[nH]1. The second-order valence-corrected chi connectivity index (χ2v) is 7.78. The van der Waals surface area contributed by atoms with Crippen LogP contribution in [-0.4, -0.2) is 9.97 Å². The van der Waals surface area contributed by atoms with Gasteiger partial charge < -0.3 is 10.3 Å². The Balaban J connectivity index is 1.62. The number of hydrogen-bond donors (Lipinski definition) is 2. The molecule has 0 saturated heterocycles. The normalized spacial score (nSPS) is 12.5. The average molecular weight is 369 g/mol. The van der Waals surface area contributed by atoms with Crippen molar-refractivity contribution in [2.45, 2.75) is 19.5 Å². The molecule has 0 spiro atoms. The molecule has 1 aromatic carbocycles. The quantitative estimate of drug-likeness (QED) is 0.566. The topological polar surface area (TPSA) is 62.4 Å². The Bertz CT molecular complexity index is 1040. The van der Waals surface area contributed by atoms with Crippen LogP contribution in [0.15, 0.2) is 58.0 Å². The lowest BCUT2D eigenvalue weighted by atomic mass is 10.2. The molecule has 3 heterocycles. The van der Waals surface area contributed by atoms with Crippen molar-refractivity contribution in [2.75, 3.05) is 0 Å². The number of fused-ring (bicyclic) bond motifs is 1. The van der Waals surface area contributed by atoms with E-state index >= 15 is 0 Å². The molecule has 4 nitrogen and oxygen atoms in total. The number of hydrogen-bond acceptors (Lipinski definition) is 4. The molecule has 3 aromatic heterocycles. The molecule has 0 bridgehead atoms. The molecule has 3 N–H and O–H groups in total. The number of nitrogens with one attached hydrogen (secondary N) is 1. The fourth-order valence-corrected chi connectivity index (χ4v) is 4.60. The summed E-state index contributed by atoms with van der Waals surface area (Å²) in [5.41, 5.74) is 2.19. The highest BCUT2D eigenvalue weighted by atomic mass is 32.1. The number of rotatable bonds is 5. The van der Waals surface area contributed by atoms with E-state index in [1.54, 1.807) is 11.3 Å². The lowest BCUT2D eigenvalue weighted by Crippen LogP contribution is -2.83. The molecule has 0 saturated carbocycles. The van der Waals surface area contributed by atoms with Gasteiger partial charge in [-0.1, -0.05) is 36.4 Å². The smallest absolute Gasteiger partial charge is 0.260 e. The van der Waals surface area contributed by atoms with Gasteiger partial charge in [-0.05, 0) is 18.4 Å². The molecule has 0 aliphatic heterocycles. The van der Waals surface area contributed by atoms with Gasteiger partial charge in [-0.3, -0.25) is 4.79 Å². The second kappa shape index (κ2) is 6.92. The zero-order valence-electron chi connectivity index (χ0n) is 13.7. The highest BCUT2D eigenvalue weighted by Crippen LogP contribution is 2.33. The Hall–Kier alpha value is -2.28. The fourth-order valence-electron chi connectivity index (χ4n) is 2.83. The number of nitrogens with two attached hydrogens (primary N) is 1. The first-order valence-electron chi connectivity index (χ1n) is 8.15. The van der Waals surface area contributed by atoms with Gasteiger partial charge in [0.1, 0.15) is 17.4 Å². The van der Waals surface area contributed by atoms with Gasteiger partial charge in [0.2, 0.25) is 0 Å². The van der Waals surface area contributed by atoms with E-state index in [9.17, 15) is 4.79 Å². The van der Waals surface area contributed by atoms with E-state index in [4.69, 9.17) is 4.98 Å². The summed E-state index contributed by atoms with van der Waals surface area (Å²) in [5.74, 6) is 0.730. The average Bonchev–Trinajstić information content (AvgIpc) is 3.29. The van der Waals surface area contributed by atoms with Crippen LogP contribution < -0.4 is 10.9 Å². The highest BCUT2D eigenvalue weighted by molar-refractivity contribution is 7.18. The third kappa shape index (κ3) is 3.28. The van der Waals surface area contributed by atoms with Gasteiger partial charge in [-0.15, -0.1) is 22.7 Å². The van der Waals surface area contributed by atoms with E-state index in [-0.39, 0.29) is 11.6 Å². The zero-order chi connectivity index (χ0) is 17.2. The molecule has 1 atom stereocenters.